The maximum absolute atomic E-state index is 14.5. The Hall–Kier alpha value is -4.37. The molecule has 1 heterocycles. The fraction of sp³-hybridized carbons (Fsp3) is 0.323. The number of alkyl carbamates (subject to hydrolysis) is 1. The van der Waals surface area contributed by atoms with Gasteiger partial charge in [0.2, 0.25) is 5.60 Å². The van der Waals surface area contributed by atoms with E-state index in [2.05, 4.69) is 5.32 Å². The highest BCUT2D eigenvalue weighted by Crippen LogP contribution is 2.53. The Morgan fingerprint density at radius 3 is 2.12 bits per heavy atom. The molecule has 0 saturated carbocycles. The number of benzene rings is 3. The number of fused-ring (bicyclic) bond motifs is 1. The zero-order valence-electron chi connectivity index (χ0n) is 23.5. The summed E-state index contributed by atoms with van der Waals surface area (Å²) < 4.78 is 22.8. The number of amides is 2. The van der Waals surface area contributed by atoms with E-state index in [1.807, 2.05) is 0 Å². The Balaban J connectivity index is 2.01. The second kappa shape index (κ2) is 11.0. The third-order valence-corrected chi connectivity index (χ3v) is 6.78. The van der Waals surface area contributed by atoms with Crippen LogP contribution in [0.25, 0.3) is 0 Å². The number of nitrogens with one attached hydrogen (secondary N) is 1. The van der Waals surface area contributed by atoms with E-state index in [1.54, 1.807) is 114 Å². The molecule has 1 aliphatic heterocycles. The minimum absolute atomic E-state index is 0.106. The summed E-state index contributed by atoms with van der Waals surface area (Å²) in [6.07, 6.45) is -0.900. The van der Waals surface area contributed by atoms with Gasteiger partial charge in [-0.25, -0.2) is 9.59 Å². The molecule has 3 aromatic carbocycles. The summed E-state index contributed by atoms with van der Waals surface area (Å²) in [7, 11) is 4.36. The fourth-order valence-electron chi connectivity index (χ4n) is 5.03. The number of anilines is 1. The lowest BCUT2D eigenvalue weighted by molar-refractivity contribution is -0.192. The molecule has 0 spiro atoms. The van der Waals surface area contributed by atoms with E-state index in [0.717, 1.165) is 0 Å². The first-order valence-corrected chi connectivity index (χ1v) is 12.8. The largest absolute Gasteiger partial charge is 0.497 e. The number of methoxy groups -OCH3 is 2. The minimum atomic E-state index is -2.17. The van der Waals surface area contributed by atoms with Crippen molar-refractivity contribution in [3.05, 3.63) is 95.6 Å². The number of carbonyl (C=O) groups is 3. The van der Waals surface area contributed by atoms with Gasteiger partial charge in [0.25, 0.3) is 5.91 Å². The molecule has 40 heavy (non-hydrogen) atoms. The van der Waals surface area contributed by atoms with Gasteiger partial charge in [-0.3, -0.25) is 10.1 Å². The van der Waals surface area contributed by atoms with Crippen LogP contribution in [0, 0.1) is 0 Å². The number of hydrogen-bond donors (Lipinski definition) is 1. The third kappa shape index (κ3) is 4.88. The molecule has 0 aromatic heterocycles. The molecule has 2 atom stereocenters. The smallest absolute Gasteiger partial charge is 0.408 e. The predicted octanol–water partition coefficient (Wildman–Crippen LogP) is 4.68. The van der Waals surface area contributed by atoms with Crippen molar-refractivity contribution >= 4 is 23.7 Å². The number of ether oxygens (including phenoxy) is 4. The molecule has 0 fully saturated rings. The van der Waals surface area contributed by atoms with Gasteiger partial charge in [0.1, 0.15) is 11.4 Å². The summed E-state index contributed by atoms with van der Waals surface area (Å²) in [6.45, 7) is 5.02. The van der Waals surface area contributed by atoms with Gasteiger partial charge in [0, 0.05) is 18.3 Å². The van der Waals surface area contributed by atoms with Gasteiger partial charge in [-0.05, 0) is 50.1 Å². The maximum Gasteiger partial charge on any atom is 0.408 e. The number of para-hydroxylation sites is 1. The number of hydrogen-bond acceptors (Lipinski definition) is 7. The van der Waals surface area contributed by atoms with Crippen molar-refractivity contribution < 1.29 is 33.3 Å². The molecule has 2 amide bonds. The van der Waals surface area contributed by atoms with Crippen LogP contribution in [0.1, 0.15) is 37.5 Å². The zero-order chi connectivity index (χ0) is 29.1. The standard InChI is InChI=1S/C31H34N2O7/c1-29(2,3)40-28(36)32-30(24-14-10-11-15-25(24)33(4)26(30)34)31(27(35)38-6,22-12-8-7-9-13-22)39-20-21-16-18-23(37-5)19-17-21/h7-19H,20H2,1-6H3,(H,32,36)/t30-,31+/m1/s1. The van der Waals surface area contributed by atoms with E-state index >= 15 is 0 Å². The van der Waals surface area contributed by atoms with Gasteiger partial charge in [-0.2, -0.15) is 0 Å². The van der Waals surface area contributed by atoms with Gasteiger partial charge < -0.3 is 23.8 Å². The molecule has 0 bridgehead atoms. The Bertz CT molecular complexity index is 1380. The first-order chi connectivity index (χ1) is 19.0. The van der Waals surface area contributed by atoms with Gasteiger partial charge >= 0.3 is 12.1 Å². The molecular formula is C31H34N2O7. The Kier molecular flexibility index (Phi) is 7.88. The molecule has 0 unspecified atom stereocenters. The Morgan fingerprint density at radius 1 is 0.900 bits per heavy atom. The van der Waals surface area contributed by atoms with Gasteiger partial charge in [-0.15, -0.1) is 0 Å². The van der Waals surface area contributed by atoms with Gasteiger partial charge in [-0.1, -0.05) is 60.7 Å². The normalized spacial score (nSPS) is 17.9. The molecule has 4 rings (SSSR count). The van der Waals surface area contributed by atoms with Crippen LogP contribution >= 0.6 is 0 Å². The average molecular weight is 547 g/mol. The lowest BCUT2D eigenvalue weighted by Gasteiger charge is -2.45. The number of carbonyl (C=O) groups excluding carboxylic acids is 3. The number of nitrogens with zero attached hydrogens (tertiary/aromatic N) is 1. The summed E-state index contributed by atoms with van der Waals surface area (Å²) in [5, 5.41) is 2.80. The van der Waals surface area contributed by atoms with Crippen molar-refractivity contribution in [1.82, 2.24) is 5.32 Å². The number of rotatable bonds is 8. The van der Waals surface area contributed by atoms with Crippen molar-refractivity contribution in [2.45, 2.75) is 44.1 Å². The van der Waals surface area contributed by atoms with E-state index in [-0.39, 0.29) is 6.61 Å². The summed E-state index contributed by atoms with van der Waals surface area (Å²) >= 11 is 0. The van der Waals surface area contributed by atoms with Crippen LogP contribution in [-0.4, -0.2) is 44.8 Å². The SMILES string of the molecule is COC(=O)[C@@](OCc1ccc(OC)cc1)(c1ccccc1)[C@]1(NC(=O)OC(C)(C)C)C(=O)N(C)c2ccccc21. The van der Waals surface area contributed by atoms with Crippen LogP contribution in [0.4, 0.5) is 10.5 Å². The molecule has 210 valence electrons. The number of esters is 1. The summed E-state index contributed by atoms with van der Waals surface area (Å²) in [5.41, 5.74) is -3.28. The monoisotopic (exact) mass is 546 g/mol. The topological polar surface area (TPSA) is 103 Å². The lowest BCUT2D eigenvalue weighted by Crippen LogP contribution is -2.69. The van der Waals surface area contributed by atoms with Crippen LogP contribution in [-0.2, 0) is 41.5 Å². The first kappa shape index (κ1) is 28.6. The molecule has 9 nitrogen and oxygen atoms in total. The van der Waals surface area contributed by atoms with Crippen LogP contribution in [0.15, 0.2) is 78.9 Å². The first-order valence-electron chi connectivity index (χ1n) is 12.8. The maximum atomic E-state index is 14.5. The molecule has 0 radical (unpaired) electrons. The van der Waals surface area contributed by atoms with Crippen LogP contribution in [0.2, 0.25) is 0 Å². The third-order valence-electron chi connectivity index (χ3n) is 6.78. The van der Waals surface area contributed by atoms with Crippen LogP contribution < -0.4 is 15.0 Å². The summed E-state index contributed by atoms with van der Waals surface area (Å²) in [4.78, 5) is 43.5. The molecule has 0 aliphatic carbocycles. The second-order valence-corrected chi connectivity index (χ2v) is 10.4. The van der Waals surface area contributed by atoms with E-state index in [4.69, 9.17) is 18.9 Å². The highest BCUT2D eigenvalue weighted by Gasteiger charge is 2.70. The molecule has 1 aliphatic rings. The molecule has 9 heteroatoms. The van der Waals surface area contributed by atoms with Crippen molar-refractivity contribution in [2.75, 3.05) is 26.2 Å². The minimum Gasteiger partial charge on any atom is -0.497 e. The van der Waals surface area contributed by atoms with Crippen LogP contribution in [0.5, 0.6) is 5.75 Å². The summed E-state index contributed by atoms with van der Waals surface area (Å²) in [6, 6.07) is 22.6. The lowest BCUT2D eigenvalue weighted by atomic mass is 9.70. The number of likely N-dealkylation sites (N-methyl/N-ethyl adjacent to an activating group) is 1. The summed E-state index contributed by atoms with van der Waals surface area (Å²) in [5.74, 6) is -0.819. The van der Waals surface area contributed by atoms with Crippen molar-refractivity contribution in [1.29, 1.82) is 0 Å². The van der Waals surface area contributed by atoms with Gasteiger partial charge in [0.05, 0.1) is 20.8 Å². The van der Waals surface area contributed by atoms with E-state index < -0.39 is 34.7 Å². The van der Waals surface area contributed by atoms with Gasteiger partial charge in [0.15, 0.2) is 5.54 Å². The highest BCUT2D eigenvalue weighted by atomic mass is 16.6. The van der Waals surface area contributed by atoms with Crippen molar-refractivity contribution in [2.24, 2.45) is 0 Å². The highest BCUT2D eigenvalue weighted by molar-refractivity contribution is 6.13. The molecule has 1 N–H and O–H groups in total. The zero-order valence-corrected chi connectivity index (χ0v) is 23.5. The van der Waals surface area contributed by atoms with Crippen molar-refractivity contribution in [3.63, 3.8) is 0 Å². The Morgan fingerprint density at radius 2 is 1.52 bits per heavy atom. The van der Waals surface area contributed by atoms with E-state index in [9.17, 15) is 14.4 Å². The molecule has 3 aromatic rings. The Labute approximate surface area is 234 Å². The van der Waals surface area contributed by atoms with E-state index in [0.29, 0.717) is 28.1 Å². The van der Waals surface area contributed by atoms with Crippen LogP contribution in [0.3, 0.4) is 0 Å². The quantitative estimate of drug-likeness (QED) is 0.409. The molecular weight excluding hydrogens is 512 g/mol. The van der Waals surface area contributed by atoms with Crippen molar-refractivity contribution in [3.8, 4) is 5.75 Å². The predicted molar refractivity (Wildman–Crippen MR) is 149 cm³/mol. The average Bonchev–Trinajstić information content (AvgIpc) is 3.15. The molecule has 0 saturated heterocycles. The fourth-order valence-corrected chi connectivity index (χ4v) is 5.03. The second-order valence-electron chi connectivity index (χ2n) is 10.4. The van der Waals surface area contributed by atoms with E-state index in [1.165, 1.54) is 12.0 Å².